The summed E-state index contributed by atoms with van der Waals surface area (Å²) < 4.78 is 0. The number of hydrogen-bond donors (Lipinski definition) is 0. The number of Topliss-reactive ketones (excluding diaryl/α,β-unsaturated/α-hetero) is 1. The molecule has 0 rings (SSSR count). The molecule has 77 valence electrons. The smallest absolute Gasteiger partial charge is 0.133 e. The van der Waals surface area contributed by atoms with Gasteiger partial charge in [0.2, 0.25) is 0 Å². The molecule has 0 bridgehead atoms. The third kappa shape index (κ3) is 9.59. The van der Waals surface area contributed by atoms with E-state index >= 15 is 0 Å². The second-order valence-electron chi connectivity index (χ2n) is 4.51. The summed E-state index contributed by atoms with van der Waals surface area (Å²) in [6.07, 6.45) is 5.53. The minimum Gasteiger partial charge on any atom is -0.300 e. The molecule has 0 aromatic carbocycles. The molecule has 0 heterocycles. The molecule has 1 nitrogen and oxygen atoms in total. The third-order valence-electron chi connectivity index (χ3n) is 2.39. The fraction of sp³-hybridized carbons (Fsp3) is 0.833. The van der Waals surface area contributed by atoms with Gasteiger partial charge in [-0.1, -0.05) is 40.0 Å². The van der Waals surface area contributed by atoms with Gasteiger partial charge in [-0.15, -0.1) is 0 Å². The van der Waals surface area contributed by atoms with Crippen molar-refractivity contribution in [1.29, 1.82) is 0 Å². The Kier molecular flexibility index (Phi) is 6.93. The van der Waals surface area contributed by atoms with E-state index < -0.39 is 0 Å². The quantitative estimate of drug-likeness (QED) is 0.589. The summed E-state index contributed by atoms with van der Waals surface area (Å²) in [4.78, 5) is 10.6. The molecule has 0 aliphatic carbocycles. The van der Waals surface area contributed by atoms with Crippen LogP contribution in [0.5, 0.6) is 0 Å². The molecule has 0 aromatic rings. The van der Waals surface area contributed by atoms with Gasteiger partial charge in [-0.05, 0) is 18.3 Å². The first-order chi connectivity index (χ1) is 6.02. The van der Waals surface area contributed by atoms with E-state index in [0.29, 0.717) is 12.3 Å². The summed E-state index contributed by atoms with van der Waals surface area (Å²) >= 11 is 0. The van der Waals surface area contributed by atoms with Gasteiger partial charge in [0.05, 0.1) is 0 Å². The maximum atomic E-state index is 10.6. The zero-order valence-corrected chi connectivity index (χ0v) is 9.31. The first kappa shape index (κ1) is 12.7. The molecule has 0 spiro atoms. The molecule has 0 aliphatic rings. The summed E-state index contributed by atoms with van der Waals surface area (Å²) in [5, 5.41) is 0. The largest absolute Gasteiger partial charge is 0.300 e. The van der Waals surface area contributed by atoms with E-state index in [1.165, 1.54) is 19.3 Å². The fourth-order valence-corrected chi connectivity index (χ4v) is 1.43. The van der Waals surface area contributed by atoms with Crippen LogP contribution in [0.1, 0.15) is 52.9 Å². The van der Waals surface area contributed by atoms with E-state index in [0.717, 1.165) is 12.3 Å². The van der Waals surface area contributed by atoms with Crippen molar-refractivity contribution in [1.82, 2.24) is 0 Å². The normalized spacial score (nSPS) is 13.3. The maximum Gasteiger partial charge on any atom is 0.133 e. The molecule has 1 heteroatoms. The van der Waals surface area contributed by atoms with E-state index in [9.17, 15) is 4.79 Å². The van der Waals surface area contributed by atoms with E-state index in [2.05, 4.69) is 27.7 Å². The molecule has 0 aromatic heterocycles. The van der Waals surface area contributed by atoms with Crippen LogP contribution in [0.2, 0.25) is 0 Å². The van der Waals surface area contributed by atoms with Crippen molar-refractivity contribution in [2.24, 2.45) is 11.8 Å². The summed E-state index contributed by atoms with van der Waals surface area (Å²) in [5.74, 6) is 1.57. The van der Waals surface area contributed by atoms with Crippen molar-refractivity contribution >= 4 is 5.78 Å². The Morgan fingerprint density at radius 3 is 2.23 bits per heavy atom. The summed E-state index contributed by atoms with van der Waals surface area (Å²) in [5.41, 5.74) is 0. The van der Waals surface area contributed by atoms with Crippen LogP contribution in [-0.4, -0.2) is 5.78 Å². The second-order valence-corrected chi connectivity index (χ2v) is 4.51. The first-order valence-corrected chi connectivity index (χ1v) is 5.37. The number of rotatable bonds is 7. The molecular weight excluding hydrogens is 160 g/mol. The molecule has 0 N–H and O–H groups in total. The Morgan fingerprint density at radius 1 is 1.15 bits per heavy atom. The molecule has 1 unspecified atom stereocenters. The highest BCUT2D eigenvalue weighted by Crippen LogP contribution is 2.16. The average molecular weight is 183 g/mol. The van der Waals surface area contributed by atoms with Crippen LogP contribution in [0.25, 0.3) is 0 Å². The number of ketones is 1. The summed E-state index contributed by atoms with van der Waals surface area (Å²) in [6, 6.07) is 0. The Morgan fingerprint density at radius 2 is 1.77 bits per heavy atom. The lowest BCUT2D eigenvalue weighted by atomic mass is 9.95. The SMILES string of the molecule is [CH2]C(=O)CCC(C)CCCC(C)C. The van der Waals surface area contributed by atoms with Gasteiger partial charge in [-0.3, -0.25) is 4.79 Å². The predicted molar refractivity (Wildman–Crippen MR) is 57.5 cm³/mol. The van der Waals surface area contributed by atoms with Gasteiger partial charge in [-0.25, -0.2) is 0 Å². The van der Waals surface area contributed by atoms with Gasteiger partial charge in [0.25, 0.3) is 0 Å². The molecule has 13 heavy (non-hydrogen) atoms. The van der Waals surface area contributed by atoms with E-state index in [1.807, 2.05) is 0 Å². The molecule has 0 aliphatic heterocycles. The van der Waals surface area contributed by atoms with E-state index in [4.69, 9.17) is 0 Å². The average Bonchev–Trinajstić information content (AvgIpc) is 2.00. The van der Waals surface area contributed by atoms with Crippen LogP contribution < -0.4 is 0 Å². The Balaban J connectivity index is 3.30. The number of carbonyl (C=O) groups is 1. The number of hydrogen-bond acceptors (Lipinski definition) is 1. The zero-order valence-electron chi connectivity index (χ0n) is 9.31. The van der Waals surface area contributed by atoms with Gasteiger partial charge in [0, 0.05) is 13.3 Å². The van der Waals surface area contributed by atoms with Gasteiger partial charge < -0.3 is 0 Å². The minimum absolute atomic E-state index is 0.0794. The van der Waals surface area contributed by atoms with E-state index in [1.54, 1.807) is 0 Å². The third-order valence-corrected chi connectivity index (χ3v) is 2.39. The summed E-state index contributed by atoms with van der Waals surface area (Å²) in [6.45, 7) is 10.1. The lowest BCUT2D eigenvalue weighted by Gasteiger charge is -2.10. The molecule has 0 fully saturated rings. The van der Waals surface area contributed by atoms with Crippen molar-refractivity contribution in [3.63, 3.8) is 0 Å². The van der Waals surface area contributed by atoms with Gasteiger partial charge in [-0.2, -0.15) is 0 Å². The minimum atomic E-state index is 0.0794. The zero-order chi connectivity index (χ0) is 10.3. The molecule has 1 atom stereocenters. The van der Waals surface area contributed by atoms with E-state index in [-0.39, 0.29) is 5.78 Å². The fourth-order valence-electron chi connectivity index (χ4n) is 1.43. The maximum absolute atomic E-state index is 10.6. The topological polar surface area (TPSA) is 17.1 Å². The Bertz CT molecular complexity index is 138. The Labute approximate surface area is 82.9 Å². The highest BCUT2D eigenvalue weighted by molar-refractivity contribution is 5.82. The molecule has 0 saturated carbocycles. The van der Waals surface area contributed by atoms with Gasteiger partial charge in [0.15, 0.2) is 0 Å². The highest BCUT2D eigenvalue weighted by Gasteiger charge is 2.04. The number of carbonyl (C=O) groups excluding carboxylic acids is 1. The Hall–Kier alpha value is -0.330. The van der Waals surface area contributed by atoms with Crippen molar-refractivity contribution in [2.75, 3.05) is 0 Å². The molecule has 0 amide bonds. The monoisotopic (exact) mass is 183 g/mol. The van der Waals surface area contributed by atoms with Crippen molar-refractivity contribution in [2.45, 2.75) is 52.9 Å². The lowest BCUT2D eigenvalue weighted by Crippen LogP contribution is -2.00. The van der Waals surface area contributed by atoms with Crippen LogP contribution in [0.3, 0.4) is 0 Å². The standard InChI is InChI=1S/C12H23O/c1-10(2)6-5-7-11(3)8-9-12(4)13/h10-11H,4-9H2,1-3H3. The van der Waals surface area contributed by atoms with Crippen LogP contribution >= 0.6 is 0 Å². The molecule has 1 radical (unpaired) electrons. The van der Waals surface area contributed by atoms with Crippen LogP contribution in [0, 0.1) is 18.8 Å². The van der Waals surface area contributed by atoms with Crippen molar-refractivity contribution < 1.29 is 4.79 Å². The van der Waals surface area contributed by atoms with Crippen molar-refractivity contribution in [3.05, 3.63) is 6.92 Å². The molecular formula is C12H23O. The lowest BCUT2D eigenvalue weighted by molar-refractivity contribution is -0.115. The van der Waals surface area contributed by atoms with Crippen LogP contribution in [0.15, 0.2) is 0 Å². The predicted octanol–water partition coefficient (Wildman–Crippen LogP) is 3.63. The summed E-state index contributed by atoms with van der Waals surface area (Å²) in [7, 11) is 0. The highest BCUT2D eigenvalue weighted by atomic mass is 16.1. The van der Waals surface area contributed by atoms with Gasteiger partial charge >= 0.3 is 0 Å². The van der Waals surface area contributed by atoms with Crippen molar-refractivity contribution in [3.8, 4) is 0 Å². The first-order valence-electron chi connectivity index (χ1n) is 5.37. The van der Waals surface area contributed by atoms with Crippen LogP contribution in [-0.2, 0) is 4.79 Å². The van der Waals surface area contributed by atoms with Crippen LogP contribution in [0.4, 0.5) is 0 Å². The molecule has 0 saturated heterocycles. The van der Waals surface area contributed by atoms with Gasteiger partial charge in [0.1, 0.15) is 5.78 Å². The second kappa shape index (κ2) is 7.11.